The third-order valence-electron chi connectivity index (χ3n) is 4.53. The van der Waals surface area contributed by atoms with Crippen molar-refractivity contribution in [2.24, 2.45) is 0 Å². The highest BCUT2D eigenvalue weighted by atomic mass is 35.5. The number of fused-ring (bicyclic) bond motifs is 1. The molecular formula is C23H17ClN2O2. The van der Waals surface area contributed by atoms with Gasteiger partial charge < -0.3 is 10.6 Å². The molecule has 1 heterocycles. The zero-order valence-electron chi connectivity index (χ0n) is 15.1. The van der Waals surface area contributed by atoms with Gasteiger partial charge in [0.15, 0.2) is 0 Å². The summed E-state index contributed by atoms with van der Waals surface area (Å²) >= 11 is 6.00. The lowest BCUT2D eigenvalue weighted by atomic mass is 10.0. The first-order chi connectivity index (χ1) is 13.5. The van der Waals surface area contributed by atoms with Crippen molar-refractivity contribution in [2.75, 3.05) is 10.6 Å². The highest BCUT2D eigenvalue weighted by Crippen LogP contribution is 2.35. The Balaban J connectivity index is 1.59. The lowest BCUT2D eigenvalue weighted by Crippen LogP contribution is -2.11. The first-order valence-corrected chi connectivity index (χ1v) is 9.18. The molecule has 138 valence electrons. The minimum absolute atomic E-state index is 0.175. The minimum atomic E-state index is -0.177. The molecule has 0 saturated heterocycles. The largest absolute Gasteiger partial charge is 0.322 e. The summed E-state index contributed by atoms with van der Waals surface area (Å²) < 4.78 is 0. The molecule has 3 aromatic rings. The summed E-state index contributed by atoms with van der Waals surface area (Å²) in [5.41, 5.74) is 5.24. The second-order valence-corrected chi connectivity index (χ2v) is 7.08. The van der Waals surface area contributed by atoms with E-state index in [2.05, 4.69) is 10.6 Å². The monoisotopic (exact) mass is 388 g/mol. The molecule has 3 aromatic carbocycles. The minimum Gasteiger partial charge on any atom is -0.322 e. The summed E-state index contributed by atoms with van der Waals surface area (Å²) in [6, 6.07) is 20.1. The third kappa shape index (κ3) is 3.68. The molecule has 0 fully saturated rings. The van der Waals surface area contributed by atoms with Gasteiger partial charge in [0.25, 0.3) is 11.8 Å². The quantitative estimate of drug-likeness (QED) is 0.591. The highest BCUT2D eigenvalue weighted by Gasteiger charge is 2.24. The second kappa shape index (κ2) is 7.33. The fourth-order valence-electron chi connectivity index (χ4n) is 3.09. The Morgan fingerprint density at radius 1 is 1.04 bits per heavy atom. The maximum absolute atomic E-state index is 12.4. The van der Waals surface area contributed by atoms with Gasteiger partial charge in [-0.3, -0.25) is 9.59 Å². The zero-order valence-corrected chi connectivity index (χ0v) is 15.9. The van der Waals surface area contributed by atoms with E-state index in [0.29, 0.717) is 27.5 Å². The summed E-state index contributed by atoms with van der Waals surface area (Å²) in [7, 11) is 0. The molecule has 0 radical (unpaired) electrons. The molecule has 28 heavy (non-hydrogen) atoms. The maximum atomic E-state index is 12.4. The maximum Gasteiger partial charge on any atom is 0.256 e. The van der Waals surface area contributed by atoms with Crippen molar-refractivity contribution in [1.29, 1.82) is 0 Å². The number of anilines is 2. The van der Waals surface area contributed by atoms with E-state index in [1.54, 1.807) is 30.3 Å². The van der Waals surface area contributed by atoms with Crippen LogP contribution >= 0.6 is 11.6 Å². The summed E-state index contributed by atoms with van der Waals surface area (Å²) in [5, 5.41) is 6.29. The van der Waals surface area contributed by atoms with Crippen LogP contribution < -0.4 is 10.6 Å². The molecule has 4 rings (SSSR count). The lowest BCUT2D eigenvalue weighted by molar-refractivity contribution is -0.110. The van der Waals surface area contributed by atoms with Crippen molar-refractivity contribution in [3.05, 3.63) is 94.0 Å². The normalized spacial score (nSPS) is 13.9. The predicted octanol–water partition coefficient (Wildman–Crippen LogP) is 5.39. The number of nitrogens with one attached hydrogen (secondary N) is 2. The Kier molecular flexibility index (Phi) is 4.72. The molecular weight excluding hydrogens is 372 g/mol. The molecule has 1 aliphatic heterocycles. The van der Waals surface area contributed by atoms with Crippen LogP contribution in [0.25, 0.3) is 11.6 Å². The van der Waals surface area contributed by atoms with Crippen molar-refractivity contribution in [2.45, 2.75) is 6.92 Å². The van der Waals surface area contributed by atoms with Crippen molar-refractivity contribution >= 4 is 46.4 Å². The number of hydrogen-bond donors (Lipinski definition) is 2. The van der Waals surface area contributed by atoms with Crippen molar-refractivity contribution in [1.82, 2.24) is 0 Å². The Bertz CT molecular complexity index is 1120. The first kappa shape index (κ1) is 18.0. The van der Waals surface area contributed by atoms with Gasteiger partial charge in [0.05, 0.1) is 5.69 Å². The third-order valence-corrected chi connectivity index (χ3v) is 4.77. The number of aryl methyl sites for hydroxylation is 1. The van der Waals surface area contributed by atoms with E-state index in [-0.39, 0.29) is 11.8 Å². The number of benzene rings is 3. The number of hydrogen-bond acceptors (Lipinski definition) is 2. The first-order valence-electron chi connectivity index (χ1n) is 8.81. The number of carbonyl (C=O) groups is 2. The van der Waals surface area contributed by atoms with Gasteiger partial charge in [-0.05, 0) is 55.0 Å². The Labute approximate surface area is 167 Å². The van der Waals surface area contributed by atoms with Crippen molar-refractivity contribution < 1.29 is 9.59 Å². The predicted molar refractivity (Wildman–Crippen MR) is 114 cm³/mol. The fourth-order valence-corrected chi connectivity index (χ4v) is 3.26. The van der Waals surface area contributed by atoms with E-state index >= 15 is 0 Å². The van der Waals surface area contributed by atoms with Gasteiger partial charge >= 0.3 is 0 Å². The number of amides is 2. The fraction of sp³-hybridized carbons (Fsp3) is 0.0435. The molecule has 4 nitrogen and oxygen atoms in total. The van der Waals surface area contributed by atoms with Gasteiger partial charge in [-0.1, -0.05) is 47.5 Å². The molecule has 0 aliphatic carbocycles. The lowest BCUT2D eigenvalue weighted by Gasteiger charge is -2.07. The summed E-state index contributed by atoms with van der Waals surface area (Å²) in [5.74, 6) is -0.352. The van der Waals surface area contributed by atoms with Crippen LogP contribution in [0, 0.1) is 6.92 Å². The van der Waals surface area contributed by atoms with E-state index in [1.165, 1.54) is 0 Å². The SMILES string of the molecule is Cc1ccc(C(=O)Nc2cccc(C=C3C(=O)Nc4cc(Cl)ccc43)c2)cc1. The van der Waals surface area contributed by atoms with Crippen LogP contribution in [-0.4, -0.2) is 11.8 Å². The van der Waals surface area contributed by atoms with Crippen LogP contribution in [0.4, 0.5) is 11.4 Å². The van der Waals surface area contributed by atoms with Crippen LogP contribution in [-0.2, 0) is 4.79 Å². The van der Waals surface area contributed by atoms with Gasteiger partial charge in [0.2, 0.25) is 0 Å². The Hall–Kier alpha value is -3.37. The molecule has 0 aromatic heterocycles. The van der Waals surface area contributed by atoms with Gasteiger partial charge in [-0.2, -0.15) is 0 Å². The number of carbonyl (C=O) groups excluding carboxylic acids is 2. The summed E-state index contributed by atoms with van der Waals surface area (Å²) in [4.78, 5) is 24.8. The van der Waals surface area contributed by atoms with Crippen molar-refractivity contribution in [3.63, 3.8) is 0 Å². The summed E-state index contributed by atoms with van der Waals surface area (Å²) in [6.45, 7) is 1.98. The standard InChI is InChI=1S/C23H17ClN2O2/c1-14-5-7-16(8-6-14)22(27)25-18-4-2-3-15(11-18)12-20-19-10-9-17(24)13-21(19)26-23(20)28/h2-13H,1H3,(H,25,27)(H,26,28). The average Bonchev–Trinajstić information content (AvgIpc) is 2.97. The Morgan fingerprint density at radius 3 is 2.61 bits per heavy atom. The zero-order chi connectivity index (χ0) is 19.7. The molecule has 1 aliphatic rings. The van der Waals surface area contributed by atoms with E-state index in [1.807, 2.05) is 49.4 Å². The number of halogens is 1. The van der Waals surface area contributed by atoms with Gasteiger partial charge in [-0.25, -0.2) is 0 Å². The van der Waals surface area contributed by atoms with Crippen LogP contribution in [0.3, 0.4) is 0 Å². The Morgan fingerprint density at radius 2 is 1.82 bits per heavy atom. The topological polar surface area (TPSA) is 58.2 Å². The molecule has 0 saturated carbocycles. The van der Waals surface area contributed by atoms with E-state index < -0.39 is 0 Å². The molecule has 0 bridgehead atoms. The van der Waals surface area contributed by atoms with Crippen LogP contribution in [0.5, 0.6) is 0 Å². The second-order valence-electron chi connectivity index (χ2n) is 6.65. The van der Waals surface area contributed by atoms with Crippen molar-refractivity contribution in [3.8, 4) is 0 Å². The van der Waals surface area contributed by atoms with Crippen LogP contribution in [0.2, 0.25) is 5.02 Å². The van der Waals surface area contributed by atoms with Crippen LogP contribution in [0.15, 0.2) is 66.7 Å². The molecule has 0 spiro atoms. The average molecular weight is 389 g/mol. The van der Waals surface area contributed by atoms with Gasteiger partial charge in [0.1, 0.15) is 0 Å². The van der Waals surface area contributed by atoms with E-state index in [0.717, 1.165) is 16.7 Å². The highest BCUT2D eigenvalue weighted by molar-refractivity contribution is 6.36. The molecule has 5 heteroatoms. The van der Waals surface area contributed by atoms with Crippen LogP contribution in [0.1, 0.15) is 27.0 Å². The molecule has 2 amide bonds. The van der Waals surface area contributed by atoms with Gasteiger partial charge in [0, 0.05) is 27.4 Å². The van der Waals surface area contributed by atoms with E-state index in [4.69, 9.17) is 11.6 Å². The molecule has 2 N–H and O–H groups in total. The molecule has 0 unspecified atom stereocenters. The smallest absolute Gasteiger partial charge is 0.256 e. The molecule has 0 atom stereocenters. The van der Waals surface area contributed by atoms with E-state index in [9.17, 15) is 9.59 Å². The van der Waals surface area contributed by atoms with Gasteiger partial charge in [-0.15, -0.1) is 0 Å². The summed E-state index contributed by atoms with van der Waals surface area (Å²) in [6.07, 6.45) is 1.80. The number of rotatable bonds is 3.